The van der Waals surface area contributed by atoms with Crippen LogP contribution in [-0.2, 0) is 9.59 Å². The monoisotopic (exact) mass is 281 g/mol. The molecule has 1 aromatic carbocycles. The Balaban J connectivity index is 2.06. The maximum Gasteiger partial charge on any atom is 0.306 e. The Morgan fingerprint density at radius 3 is 2.85 bits per heavy atom. The van der Waals surface area contributed by atoms with E-state index in [4.69, 9.17) is 0 Å². The first kappa shape index (κ1) is 13.9. The Hall–Kier alpha value is -2.51. The van der Waals surface area contributed by atoms with Crippen LogP contribution in [-0.4, -0.2) is 23.3 Å². The van der Waals surface area contributed by atoms with E-state index in [9.17, 15) is 24.1 Å². The highest BCUT2D eigenvalue weighted by molar-refractivity contribution is 5.94. The molecule has 8 heteroatoms. The second-order valence-corrected chi connectivity index (χ2v) is 4.45. The van der Waals surface area contributed by atoms with Crippen molar-refractivity contribution >= 4 is 23.2 Å². The normalized spacial score (nSPS) is 18.2. The smallest absolute Gasteiger partial charge is 0.306 e. The fourth-order valence-electron chi connectivity index (χ4n) is 1.93. The molecule has 1 aromatic rings. The maximum atomic E-state index is 13.2. The van der Waals surface area contributed by atoms with Gasteiger partial charge in [0.2, 0.25) is 17.6 Å². The largest absolute Gasteiger partial charge is 0.355 e. The summed E-state index contributed by atoms with van der Waals surface area (Å²) in [5, 5.41) is 15.7. The number of anilines is 1. The highest BCUT2D eigenvalue weighted by Gasteiger charge is 2.25. The Kier molecular flexibility index (Phi) is 3.92. The molecule has 7 nitrogen and oxygen atoms in total. The lowest BCUT2D eigenvalue weighted by atomic mass is 9.98. The Bertz CT molecular complexity index is 566. The van der Waals surface area contributed by atoms with Gasteiger partial charge in [0.05, 0.1) is 10.8 Å². The minimum atomic E-state index is -0.960. The molecule has 2 N–H and O–H groups in total. The molecule has 2 rings (SSSR count). The van der Waals surface area contributed by atoms with Gasteiger partial charge in [-0.25, -0.2) is 0 Å². The number of amides is 2. The Morgan fingerprint density at radius 1 is 1.50 bits per heavy atom. The van der Waals surface area contributed by atoms with Gasteiger partial charge in [0, 0.05) is 24.7 Å². The van der Waals surface area contributed by atoms with Gasteiger partial charge in [0.25, 0.3) is 0 Å². The molecule has 0 aliphatic carbocycles. The number of halogens is 1. The number of nitro groups is 1. The Labute approximate surface area is 113 Å². The zero-order valence-corrected chi connectivity index (χ0v) is 10.4. The van der Waals surface area contributed by atoms with E-state index in [0.29, 0.717) is 6.42 Å². The summed E-state index contributed by atoms with van der Waals surface area (Å²) in [7, 11) is 0. The van der Waals surface area contributed by atoms with Crippen molar-refractivity contribution in [3.05, 3.63) is 34.1 Å². The van der Waals surface area contributed by atoms with Crippen LogP contribution < -0.4 is 10.6 Å². The van der Waals surface area contributed by atoms with Gasteiger partial charge in [-0.1, -0.05) is 0 Å². The number of nitro benzene ring substituents is 1. The van der Waals surface area contributed by atoms with E-state index < -0.39 is 22.3 Å². The first-order chi connectivity index (χ1) is 9.47. The zero-order chi connectivity index (χ0) is 14.7. The van der Waals surface area contributed by atoms with Crippen molar-refractivity contribution < 1.29 is 18.9 Å². The topological polar surface area (TPSA) is 101 Å². The van der Waals surface area contributed by atoms with E-state index in [1.807, 2.05) is 0 Å². The molecule has 0 radical (unpaired) electrons. The molecule has 1 fully saturated rings. The van der Waals surface area contributed by atoms with Crippen LogP contribution in [0.1, 0.15) is 12.8 Å². The molecule has 0 spiro atoms. The molecule has 1 unspecified atom stereocenters. The van der Waals surface area contributed by atoms with Crippen molar-refractivity contribution in [3.63, 3.8) is 0 Å². The van der Waals surface area contributed by atoms with E-state index in [2.05, 4.69) is 10.6 Å². The molecule has 106 valence electrons. The molecule has 2 amide bonds. The molecule has 1 aliphatic heterocycles. The molecule has 1 heterocycles. The summed E-state index contributed by atoms with van der Waals surface area (Å²) in [5.41, 5.74) is -0.542. The number of carbonyl (C=O) groups is 2. The third kappa shape index (κ3) is 3.08. The van der Waals surface area contributed by atoms with Gasteiger partial charge in [-0.15, -0.1) is 0 Å². The maximum absolute atomic E-state index is 13.2. The predicted octanol–water partition coefficient (Wildman–Crippen LogP) is 1.20. The van der Waals surface area contributed by atoms with Crippen LogP contribution in [0, 0.1) is 21.8 Å². The van der Waals surface area contributed by atoms with Gasteiger partial charge < -0.3 is 10.6 Å². The summed E-state index contributed by atoms with van der Waals surface area (Å²) in [6.45, 7) is 0.230. The summed E-state index contributed by atoms with van der Waals surface area (Å²) < 4.78 is 13.2. The summed E-state index contributed by atoms with van der Waals surface area (Å²) in [6.07, 6.45) is 0.683. The lowest BCUT2D eigenvalue weighted by molar-refractivity contribution is -0.387. The van der Waals surface area contributed by atoms with Crippen LogP contribution in [0.4, 0.5) is 15.8 Å². The number of carbonyl (C=O) groups excluding carboxylic acids is 2. The minimum Gasteiger partial charge on any atom is -0.355 e. The van der Waals surface area contributed by atoms with Crippen molar-refractivity contribution in [2.45, 2.75) is 12.8 Å². The van der Waals surface area contributed by atoms with Gasteiger partial charge in [0.1, 0.15) is 0 Å². The van der Waals surface area contributed by atoms with E-state index in [-0.39, 0.29) is 30.5 Å². The highest BCUT2D eigenvalue weighted by Crippen LogP contribution is 2.22. The molecule has 20 heavy (non-hydrogen) atoms. The summed E-state index contributed by atoms with van der Waals surface area (Å²) in [4.78, 5) is 32.6. The lowest BCUT2D eigenvalue weighted by Gasteiger charge is -2.21. The quantitative estimate of drug-likeness (QED) is 0.642. The average Bonchev–Trinajstić information content (AvgIpc) is 2.41. The number of nitrogens with one attached hydrogen (secondary N) is 2. The van der Waals surface area contributed by atoms with Crippen LogP contribution in [0.5, 0.6) is 0 Å². The number of rotatable bonds is 3. The van der Waals surface area contributed by atoms with Gasteiger partial charge in [-0.3, -0.25) is 19.7 Å². The van der Waals surface area contributed by atoms with Crippen LogP contribution in [0.15, 0.2) is 18.2 Å². The second-order valence-electron chi connectivity index (χ2n) is 4.45. The standard InChI is InChI=1S/C12H12FN3O4/c13-9-3-2-8(5-10(9)16(19)20)15-12(18)7-1-4-11(17)14-6-7/h2-3,5,7H,1,4,6H2,(H,14,17)(H,15,18). The van der Waals surface area contributed by atoms with Crippen molar-refractivity contribution in [1.82, 2.24) is 5.32 Å². The summed E-state index contributed by atoms with van der Waals surface area (Å²) in [6, 6.07) is 3.15. The zero-order valence-electron chi connectivity index (χ0n) is 10.4. The molecule has 1 saturated heterocycles. The van der Waals surface area contributed by atoms with E-state index in [0.717, 1.165) is 12.1 Å². The fraction of sp³-hybridized carbons (Fsp3) is 0.333. The first-order valence-corrected chi connectivity index (χ1v) is 5.99. The van der Waals surface area contributed by atoms with Crippen LogP contribution >= 0.6 is 0 Å². The second kappa shape index (κ2) is 5.64. The SMILES string of the molecule is O=C1CCC(C(=O)Nc2ccc(F)c([N+](=O)[O-])c2)CN1. The van der Waals surface area contributed by atoms with Gasteiger partial charge in [-0.2, -0.15) is 4.39 Å². The summed E-state index contributed by atoms with van der Waals surface area (Å²) in [5.74, 6) is -1.81. The van der Waals surface area contributed by atoms with Crippen LogP contribution in [0.2, 0.25) is 0 Å². The Morgan fingerprint density at radius 2 is 2.25 bits per heavy atom. The third-order valence-corrected chi connectivity index (χ3v) is 3.05. The fourth-order valence-corrected chi connectivity index (χ4v) is 1.93. The highest BCUT2D eigenvalue weighted by atomic mass is 19.1. The molecular weight excluding hydrogens is 269 g/mol. The molecular formula is C12H12FN3O4. The average molecular weight is 281 g/mol. The lowest BCUT2D eigenvalue weighted by Crippen LogP contribution is -2.40. The summed E-state index contributed by atoms with van der Waals surface area (Å²) >= 11 is 0. The van der Waals surface area contributed by atoms with Crippen molar-refractivity contribution in [2.24, 2.45) is 5.92 Å². The number of nitrogens with zero attached hydrogens (tertiary/aromatic N) is 1. The van der Waals surface area contributed by atoms with E-state index >= 15 is 0 Å². The molecule has 0 saturated carbocycles. The van der Waals surface area contributed by atoms with Crippen LogP contribution in [0.25, 0.3) is 0 Å². The van der Waals surface area contributed by atoms with Crippen molar-refractivity contribution in [2.75, 3.05) is 11.9 Å². The number of hydrogen-bond acceptors (Lipinski definition) is 4. The predicted molar refractivity (Wildman–Crippen MR) is 67.4 cm³/mol. The third-order valence-electron chi connectivity index (χ3n) is 3.05. The van der Waals surface area contributed by atoms with Gasteiger partial charge >= 0.3 is 5.69 Å². The molecule has 0 aromatic heterocycles. The van der Waals surface area contributed by atoms with E-state index in [1.165, 1.54) is 6.07 Å². The van der Waals surface area contributed by atoms with Gasteiger partial charge in [-0.05, 0) is 18.6 Å². The van der Waals surface area contributed by atoms with Gasteiger partial charge in [0.15, 0.2) is 0 Å². The van der Waals surface area contributed by atoms with Crippen molar-refractivity contribution in [3.8, 4) is 0 Å². The number of piperidine rings is 1. The van der Waals surface area contributed by atoms with E-state index in [1.54, 1.807) is 0 Å². The molecule has 1 atom stereocenters. The minimum absolute atomic E-state index is 0.105. The number of benzene rings is 1. The number of hydrogen-bond donors (Lipinski definition) is 2. The molecule has 0 bridgehead atoms. The molecule has 1 aliphatic rings. The first-order valence-electron chi connectivity index (χ1n) is 5.99. The van der Waals surface area contributed by atoms with Crippen LogP contribution in [0.3, 0.4) is 0 Å². The van der Waals surface area contributed by atoms with Crippen molar-refractivity contribution in [1.29, 1.82) is 0 Å².